The van der Waals surface area contributed by atoms with E-state index in [1.807, 2.05) is 29.6 Å². The van der Waals surface area contributed by atoms with Crippen LogP contribution < -0.4 is 4.90 Å². The second-order valence-corrected chi connectivity index (χ2v) is 6.59. The van der Waals surface area contributed by atoms with Crippen LogP contribution in [0.1, 0.15) is 5.01 Å². The minimum absolute atomic E-state index is 0.128. The topological polar surface area (TPSA) is 55.3 Å². The molecule has 0 spiro atoms. The molecule has 23 heavy (non-hydrogen) atoms. The summed E-state index contributed by atoms with van der Waals surface area (Å²) in [4.78, 5) is 22.9. The van der Waals surface area contributed by atoms with E-state index in [0.29, 0.717) is 18.3 Å². The number of nitrogens with zero attached hydrogens (tertiary/aromatic N) is 3. The van der Waals surface area contributed by atoms with E-state index in [0.717, 1.165) is 15.2 Å². The summed E-state index contributed by atoms with van der Waals surface area (Å²) in [6, 6.07) is 7.85. The van der Waals surface area contributed by atoms with Crippen LogP contribution in [0.25, 0.3) is 16.3 Å². The van der Waals surface area contributed by atoms with Gasteiger partial charge in [-0.15, -0.1) is 11.3 Å². The van der Waals surface area contributed by atoms with Gasteiger partial charge in [0.15, 0.2) is 5.13 Å². The summed E-state index contributed by atoms with van der Waals surface area (Å²) in [7, 11) is 1.62. The van der Waals surface area contributed by atoms with Crippen LogP contribution in [0.15, 0.2) is 41.9 Å². The maximum Gasteiger partial charge on any atom is 0.252 e. The molecule has 0 saturated carbocycles. The molecule has 2 heterocycles. The number of rotatable bonds is 6. The van der Waals surface area contributed by atoms with Crippen molar-refractivity contribution in [2.75, 3.05) is 25.2 Å². The molecule has 1 amide bonds. The molecule has 2 aromatic heterocycles. The third-order valence-electron chi connectivity index (χ3n) is 3.12. The van der Waals surface area contributed by atoms with E-state index in [1.165, 1.54) is 28.7 Å². The van der Waals surface area contributed by atoms with Crippen molar-refractivity contribution >= 4 is 50.0 Å². The Morgan fingerprint density at radius 3 is 3.00 bits per heavy atom. The number of carbonyl (C=O) groups excluding carboxylic acids is 1. The normalized spacial score (nSPS) is 11.3. The van der Waals surface area contributed by atoms with Gasteiger partial charge < -0.3 is 4.74 Å². The van der Waals surface area contributed by atoms with Gasteiger partial charge >= 0.3 is 0 Å². The molecule has 5 nitrogen and oxygen atoms in total. The Kier molecular flexibility index (Phi) is 5.12. The van der Waals surface area contributed by atoms with Gasteiger partial charge in [0.05, 0.1) is 23.4 Å². The molecular weight excluding hydrogens is 330 g/mol. The van der Waals surface area contributed by atoms with Crippen LogP contribution in [-0.2, 0) is 9.53 Å². The first-order valence-electron chi connectivity index (χ1n) is 7.01. The highest BCUT2D eigenvalue weighted by molar-refractivity contribution is 7.22. The lowest BCUT2D eigenvalue weighted by atomic mass is 10.3. The Balaban J connectivity index is 1.85. The molecule has 3 rings (SSSR count). The monoisotopic (exact) mass is 345 g/mol. The highest BCUT2D eigenvalue weighted by atomic mass is 32.1. The van der Waals surface area contributed by atoms with Gasteiger partial charge in [0.25, 0.3) is 5.91 Å². The Labute approximate surface area is 141 Å². The van der Waals surface area contributed by atoms with Gasteiger partial charge in [-0.3, -0.25) is 9.69 Å². The van der Waals surface area contributed by atoms with Gasteiger partial charge in [0.1, 0.15) is 5.01 Å². The molecule has 118 valence electrons. The quantitative estimate of drug-likeness (QED) is 0.642. The predicted molar refractivity (Wildman–Crippen MR) is 95.0 cm³/mol. The number of aromatic nitrogens is 2. The minimum atomic E-state index is -0.128. The van der Waals surface area contributed by atoms with Crippen LogP contribution in [0, 0.1) is 0 Å². The number of amides is 1. The number of methoxy groups -OCH3 is 1. The van der Waals surface area contributed by atoms with Crippen LogP contribution in [0.4, 0.5) is 5.13 Å². The number of para-hydroxylation sites is 1. The van der Waals surface area contributed by atoms with Crippen molar-refractivity contribution < 1.29 is 9.53 Å². The average Bonchev–Trinajstić information content (AvgIpc) is 3.22. The molecule has 0 unspecified atom stereocenters. The third kappa shape index (κ3) is 3.82. The SMILES string of the molecule is COCCN(C(=O)/C=C\c1nccs1)c1nc2ccccc2s1. The molecule has 0 N–H and O–H groups in total. The minimum Gasteiger partial charge on any atom is -0.383 e. The van der Waals surface area contributed by atoms with Crippen molar-refractivity contribution in [3.8, 4) is 0 Å². The first-order valence-corrected chi connectivity index (χ1v) is 8.71. The van der Waals surface area contributed by atoms with Gasteiger partial charge in [-0.1, -0.05) is 23.5 Å². The number of ether oxygens (including phenoxy) is 1. The Morgan fingerprint density at radius 2 is 2.26 bits per heavy atom. The van der Waals surface area contributed by atoms with Crippen molar-refractivity contribution in [1.29, 1.82) is 0 Å². The molecule has 0 radical (unpaired) electrons. The number of hydrogen-bond acceptors (Lipinski definition) is 6. The van der Waals surface area contributed by atoms with Gasteiger partial charge in [0, 0.05) is 24.8 Å². The van der Waals surface area contributed by atoms with Crippen LogP contribution in [0.3, 0.4) is 0 Å². The zero-order chi connectivity index (χ0) is 16.1. The zero-order valence-corrected chi connectivity index (χ0v) is 14.1. The predicted octanol–water partition coefficient (Wildman–Crippen LogP) is 3.45. The molecule has 0 aliphatic carbocycles. The molecule has 0 aliphatic heterocycles. The second-order valence-electron chi connectivity index (χ2n) is 4.65. The van der Waals surface area contributed by atoms with Crippen molar-refractivity contribution in [3.63, 3.8) is 0 Å². The van der Waals surface area contributed by atoms with E-state index < -0.39 is 0 Å². The van der Waals surface area contributed by atoms with Crippen molar-refractivity contribution in [2.24, 2.45) is 0 Å². The van der Waals surface area contributed by atoms with Crippen molar-refractivity contribution in [3.05, 3.63) is 46.9 Å². The van der Waals surface area contributed by atoms with Crippen molar-refractivity contribution in [2.45, 2.75) is 0 Å². The highest BCUT2D eigenvalue weighted by Crippen LogP contribution is 2.28. The molecule has 0 aliphatic rings. The number of anilines is 1. The molecule has 0 bridgehead atoms. The second kappa shape index (κ2) is 7.45. The fourth-order valence-electron chi connectivity index (χ4n) is 2.01. The zero-order valence-electron chi connectivity index (χ0n) is 12.5. The number of fused-ring (bicyclic) bond motifs is 1. The first kappa shape index (κ1) is 15.8. The maximum absolute atomic E-state index is 12.5. The largest absolute Gasteiger partial charge is 0.383 e. The third-order valence-corrected chi connectivity index (χ3v) is 4.92. The summed E-state index contributed by atoms with van der Waals surface area (Å²) in [6.07, 6.45) is 4.96. The summed E-state index contributed by atoms with van der Waals surface area (Å²) < 4.78 is 6.17. The summed E-state index contributed by atoms with van der Waals surface area (Å²) >= 11 is 2.99. The lowest BCUT2D eigenvalue weighted by Gasteiger charge is -2.17. The number of benzene rings is 1. The fourth-order valence-corrected chi connectivity index (χ4v) is 3.53. The molecule has 0 fully saturated rings. The van der Waals surface area contributed by atoms with Gasteiger partial charge in [0.2, 0.25) is 0 Å². The number of hydrogen-bond donors (Lipinski definition) is 0. The van der Waals surface area contributed by atoms with E-state index in [2.05, 4.69) is 9.97 Å². The Bertz CT molecular complexity index is 779. The molecule has 0 saturated heterocycles. The smallest absolute Gasteiger partial charge is 0.252 e. The number of carbonyl (C=O) groups is 1. The molecule has 0 atom stereocenters. The Morgan fingerprint density at radius 1 is 1.39 bits per heavy atom. The van der Waals surface area contributed by atoms with E-state index in [9.17, 15) is 4.79 Å². The highest BCUT2D eigenvalue weighted by Gasteiger charge is 2.17. The van der Waals surface area contributed by atoms with Gasteiger partial charge in [-0.25, -0.2) is 9.97 Å². The summed E-state index contributed by atoms with van der Waals surface area (Å²) in [5.74, 6) is -0.128. The average molecular weight is 345 g/mol. The summed E-state index contributed by atoms with van der Waals surface area (Å²) in [5, 5.41) is 3.35. The standard InChI is InChI=1S/C16H15N3O2S2/c1-21-10-9-19(15(20)7-6-14-17-8-11-22-14)16-18-12-4-2-3-5-13(12)23-16/h2-8,11H,9-10H2,1H3/b7-6-. The van der Waals surface area contributed by atoms with Crippen LogP contribution >= 0.6 is 22.7 Å². The first-order chi connectivity index (χ1) is 11.3. The van der Waals surface area contributed by atoms with Crippen molar-refractivity contribution in [1.82, 2.24) is 9.97 Å². The maximum atomic E-state index is 12.5. The number of thiazole rings is 2. The van der Waals surface area contributed by atoms with Gasteiger partial charge in [-0.2, -0.15) is 0 Å². The lowest BCUT2D eigenvalue weighted by Crippen LogP contribution is -2.32. The van der Waals surface area contributed by atoms with Crippen LogP contribution in [0.2, 0.25) is 0 Å². The molecule has 7 heteroatoms. The van der Waals surface area contributed by atoms with Gasteiger partial charge in [-0.05, 0) is 18.2 Å². The van der Waals surface area contributed by atoms with Crippen LogP contribution in [0.5, 0.6) is 0 Å². The molecule has 1 aromatic carbocycles. The molecule has 3 aromatic rings. The lowest BCUT2D eigenvalue weighted by molar-refractivity contribution is -0.114. The van der Waals surface area contributed by atoms with E-state index in [1.54, 1.807) is 24.3 Å². The van der Waals surface area contributed by atoms with E-state index in [4.69, 9.17) is 4.74 Å². The summed E-state index contributed by atoms with van der Waals surface area (Å²) in [6.45, 7) is 0.907. The van der Waals surface area contributed by atoms with E-state index >= 15 is 0 Å². The van der Waals surface area contributed by atoms with E-state index in [-0.39, 0.29) is 5.91 Å². The fraction of sp³-hybridized carbons (Fsp3) is 0.188. The van der Waals surface area contributed by atoms with Crippen LogP contribution in [-0.4, -0.2) is 36.1 Å². The summed E-state index contributed by atoms with van der Waals surface area (Å²) in [5.41, 5.74) is 0.895. The molecular formula is C16H15N3O2S2. The Hall–Kier alpha value is -2.09.